The Morgan fingerprint density at radius 1 is 1.14 bits per heavy atom. The van der Waals surface area contributed by atoms with Crippen molar-refractivity contribution in [2.24, 2.45) is 0 Å². The summed E-state index contributed by atoms with van der Waals surface area (Å²) in [5, 5.41) is 6.19. The molecule has 0 aliphatic heterocycles. The lowest BCUT2D eigenvalue weighted by atomic mass is 10.1. The Morgan fingerprint density at radius 2 is 1.86 bits per heavy atom. The second-order valence-electron chi connectivity index (χ2n) is 6.26. The van der Waals surface area contributed by atoms with Gasteiger partial charge in [-0.15, -0.1) is 0 Å². The number of aromatic nitrogens is 1. The number of nitrogens with one attached hydrogen (secondary N) is 2. The van der Waals surface area contributed by atoms with Crippen LogP contribution in [-0.2, 0) is 0 Å². The molecule has 0 aliphatic carbocycles. The first-order valence-corrected chi connectivity index (χ1v) is 7.85. The van der Waals surface area contributed by atoms with Crippen molar-refractivity contribution in [1.29, 1.82) is 0 Å². The maximum atomic E-state index is 12.3. The van der Waals surface area contributed by atoms with Crippen molar-refractivity contribution in [2.75, 3.05) is 10.6 Å². The Bertz CT molecular complexity index is 693. The summed E-state index contributed by atoms with van der Waals surface area (Å²) in [4.78, 5) is 16.5. The number of carbonyl (C=O) groups is 1. The highest BCUT2D eigenvalue weighted by atomic mass is 79.9. The van der Waals surface area contributed by atoms with Gasteiger partial charge in [0.15, 0.2) is 0 Å². The number of pyridine rings is 1. The molecule has 2 N–H and O–H groups in total. The Kier molecular flexibility index (Phi) is 4.86. The fourth-order valence-electron chi connectivity index (χ4n) is 1.94. The quantitative estimate of drug-likeness (QED) is 0.838. The molecule has 2 rings (SSSR count). The minimum Gasteiger partial charge on any atom is -0.379 e. The molecule has 0 aliphatic rings. The lowest BCUT2D eigenvalue weighted by Gasteiger charge is -2.22. The fourth-order valence-corrected chi connectivity index (χ4v) is 2.32. The van der Waals surface area contributed by atoms with Gasteiger partial charge >= 0.3 is 0 Å². The number of anilines is 2. The number of carbonyl (C=O) groups excluding carboxylic acids is 1. The molecular weight excluding hydrogens is 342 g/mol. The van der Waals surface area contributed by atoms with Crippen LogP contribution in [0.1, 0.15) is 36.7 Å². The molecule has 0 saturated heterocycles. The Labute approximate surface area is 139 Å². The van der Waals surface area contributed by atoms with Crippen LogP contribution in [0.4, 0.5) is 11.4 Å². The van der Waals surface area contributed by atoms with Gasteiger partial charge < -0.3 is 10.6 Å². The molecule has 0 spiro atoms. The number of aryl methyl sites for hydroxylation is 1. The Hall–Kier alpha value is -1.88. The lowest BCUT2D eigenvalue weighted by molar-refractivity contribution is 0.102. The van der Waals surface area contributed by atoms with Gasteiger partial charge in [-0.05, 0) is 51.5 Å². The average Bonchev–Trinajstić information content (AvgIpc) is 2.41. The molecule has 0 atom stereocenters. The van der Waals surface area contributed by atoms with Gasteiger partial charge in [0.05, 0.1) is 11.3 Å². The van der Waals surface area contributed by atoms with Gasteiger partial charge in [-0.2, -0.15) is 0 Å². The highest BCUT2D eigenvalue weighted by Gasteiger charge is 2.12. The van der Waals surface area contributed by atoms with Crippen LogP contribution in [-0.4, -0.2) is 16.4 Å². The van der Waals surface area contributed by atoms with E-state index >= 15 is 0 Å². The summed E-state index contributed by atoms with van der Waals surface area (Å²) in [6, 6.07) is 7.52. The third-order valence-electron chi connectivity index (χ3n) is 2.95. The highest BCUT2D eigenvalue weighted by Crippen LogP contribution is 2.21. The van der Waals surface area contributed by atoms with Gasteiger partial charge in [-0.25, -0.2) is 0 Å². The fraction of sp³-hybridized carbons (Fsp3) is 0.294. The van der Waals surface area contributed by atoms with E-state index in [1.807, 2.05) is 25.1 Å². The first-order chi connectivity index (χ1) is 10.2. The molecule has 4 nitrogen and oxygen atoms in total. The van der Waals surface area contributed by atoms with Crippen LogP contribution in [0, 0.1) is 6.92 Å². The molecule has 0 fully saturated rings. The average molecular weight is 362 g/mol. The predicted octanol–water partition coefficient (Wildman–Crippen LogP) is 4.62. The van der Waals surface area contributed by atoms with E-state index in [9.17, 15) is 4.79 Å². The molecule has 1 aromatic heterocycles. The summed E-state index contributed by atoms with van der Waals surface area (Å²) in [6.07, 6.45) is 3.27. The van der Waals surface area contributed by atoms with Gasteiger partial charge in [0.25, 0.3) is 5.91 Å². The minimum absolute atomic E-state index is 0.0847. The van der Waals surface area contributed by atoms with Crippen molar-refractivity contribution < 1.29 is 4.79 Å². The number of nitrogens with zero attached hydrogens (tertiary/aromatic N) is 1. The topological polar surface area (TPSA) is 54.0 Å². The van der Waals surface area contributed by atoms with E-state index in [2.05, 4.69) is 52.3 Å². The summed E-state index contributed by atoms with van der Waals surface area (Å²) in [5.41, 5.74) is 3.13. The van der Waals surface area contributed by atoms with E-state index in [1.165, 1.54) is 0 Å². The zero-order valence-electron chi connectivity index (χ0n) is 13.2. The molecule has 0 unspecified atom stereocenters. The molecule has 1 amide bonds. The summed E-state index contributed by atoms with van der Waals surface area (Å²) in [6.45, 7) is 8.18. The van der Waals surface area contributed by atoms with E-state index in [-0.39, 0.29) is 11.4 Å². The van der Waals surface area contributed by atoms with Crippen molar-refractivity contribution in [3.63, 3.8) is 0 Å². The summed E-state index contributed by atoms with van der Waals surface area (Å²) in [5.74, 6) is -0.180. The first kappa shape index (κ1) is 16.5. The monoisotopic (exact) mass is 361 g/mol. The standard InChI is InChI=1S/C17H20BrN3O/c1-11-5-6-13(8-15(11)18)20-16(22)12-7-14(10-19-9-12)21-17(2,3)4/h5-10,21H,1-4H3,(H,20,22). The summed E-state index contributed by atoms with van der Waals surface area (Å²) >= 11 is 3.46. The number of rotatable bonds is 3. The lowest BCUT2D eigenvalue weighted by Crippen LogP contribution is -2.26. The normalized spacial score (nSPS) is 11.1. The number of halogens is 1. The van der Waals surface area contributed by atoms with Crippen LogP contribution in [0.15, 0.2) is 41.1 Å². The summed E-state index contributed by atoms with van der Waals surface area (Å²) < 4.78 is 0.964. The predicted molar refractivity (Wildman–Crippen MR) is 94.4 cm³/mol. The number of amides is 1. The van der Waals surface area contributed by atoms with Crippen LogP contribution in [0.2, 0.25) is 0 Å². The highest BCUT2D eigenvalue weighted by molar-refractivity contribution is 9.10. The van der Waals surface area contributed by atoms with Gasteiger partial charge in [0.2, 0.25) is 0 Å². The van der Waals surface area contributed by atoms with Crippen LogP contribution in [0.25, 0.3) is 0 Å². The molecule has 0 radical (unpaired) electrons. The molecule has 1 heterocycles. The van der Waals surface area contributed by atoms with Gasteiger partial charge in [-0.1, -0.05) is 22.0 Å². The van der Waals surface area contributed by atoms with E-state index in [0.717, 1.165) is 21.4 Å². The van der Waals surface area contributed by atoms with E-state index < -0.39 is 0 Å². The third kappa shape index (κ3) is 4.56. The van der Waals surface area contributed by atoms with Crippen LogP contribution < -0.4 is 10.6 Å². The smallest absolute Gasteiger partial charge is 0.257 e. The molecule has 2 aromatic rings. The van der Waals surface area contributed by atoms with Crippen LogP contribution in [0.3, 0.4) is 0 Å². The molecule has 22 heavy (non-hydrogen) atoms. The molecule has 0 saturated carbocycles. The number of benzene rings is 1. The largest absolute Gasteiger partial charge is 0.379 e. The zero-order chi connectivity index (χ0) is 16.3. The van der Waals surface area contributed by atoms with Crippen LogP contribution >= 0.6 is 15.9 Å². The first-order valence-electron chi connectivity index (χ1n) is 7.05. The van der Waals surface area contributed by atoms with Gasteiger partial charge in [0.1, 0.15) is 0 Å². The second kappa shape index (κ2) is 6.48. The van der Waals surface area contributed by atoms with E-state index in [1.54, 1.807) is 18.5 Å². The molecule has 5 heteroatoms. The Morgan fingerprint density at radius 3 is 2.50 bits per heavy atom. The van der Waals surface area contributed by atoms with Crippen molar-refractivity contribution in [3.8, 4) is 0 Å². The molecule has 0 bridgehead atoms. The van der Waals surface area contributed by atoms with Crippen molar-refractivity contribution >= 4 is 33.2 Å². The van der Waals surface area contributed by atoms with E-state index in [4.69, 9.17) is 0 Å². The third-order valence-corrected chi connectivity index (χ3v) is 3.80. The zero-order valence-corrected chi connectivity index (χ0v) is 14.8. The van der Waals surface area contributed by atoms with Crippen LogP contribution in [0.5, 0.6) is 0 Å². The molecule has 116 valence electrons. The second-order valence-corrected chi connectivity index (χ2v) is 7.11. The van der Waals surface area contributed by atoms with E-state index in [0.29, 0.717) is 5.56 Å². The minimum atomic E-state index is -0.180. The molecule has 1 aromatic carbocycles. The van der Waals surface area contributed by atoms with Gasteiger partial charge in [-0.3, -0.25) is 9.78 Å². The summed E-state index contributed by atoms with van der Waals surface area (Å²) in [7, 11) is 0. The Balaban J connectivity index is 2.15. The molecular formula is C17H20BrN3O. The van der Waals surface area contributed by atoms with Crippen molar-refractivity contribution in [3.05, 3.63) is 52.3 Å². The number of hydrogen-bond acceptors (Lipinski definition) is 3. The van der Waals surface area contributed by atoms with Crippen molar-refractivity contribution in [1.82, 2.24) is 4.98 Å². The number of hydrogen-bond donors (Lipinski definition) is 2. The van der Waals surface area contributed by atoms with Gasteiger partial charge in [0, 0.05) is 28.1 Å². The SMILES string of the molecule is Cc1ccc(NC(=O)c2cncc(NC(C)(C)C)c2)cc1Br. The maximum absolute atomic E-state index is 12.3. The van der Waals surface area contributed by atoms with Crippen molar-refractivity contribution in [2.45, 2.75) is 33.2 Å². The maximum Gasteiger partial charge on any atom is 0.257 e.